The van der Waals surface area contributed by atoms with Crippen molar-refractivity contribution in [3.63, 3.8) is 0 Å². The number of hydrogen-bond donors (Lipinski definition) is 0. The normalized spacial score (nSPS) is 31.3. The second kappa shape index (κ2) is 14.2. The molecule has 0 N–H and O–H groups in total. The zero-order valence-corrected chi connectivity index (χ0v) is 35.9. The molecular formula is C45H70O3Si2. The Hall–Kier alpha value is -1.80. The quantitative estimate of drug-likeness (QED) is 0.179. The molecule has 4 aliphatic carbocycles. The summed E-state index contributed by atoms with van der Waals surface area (Å²) in [5, 5.41) is 0.300. The minimum absolute atomic E-state index is 0.00329. The van der Waals surface area contributed by atoms with E-state index in [1.807, 2.05) is 12.1 Å². The maximum atomic E-state index is 13.5. The highest BCUT2D eigenvalue weighted by atomic mass is 28.4. The molecule has 0 aromatic heterocycles. The third-order valence-corrected chi connectivity index (χ3v) is 23.5. The molecule has 4 aliphatic rings. The van der Waals surface area contributed by atoms with E-state index in [0.717, 1.165) is 31.3 Å². The van der Waals surface area contributed by atoms with E-state index >= 15 is 0 Å². The number of fused-ring (bicyclic) bond motifs is 1. The van der Waals surface area contributed by atoms with Gasteiger partial charge in [0, 0.05) is 6.42 Å². The van der Waals surface area contributed by atoms with Crippen molar-refractivity contribution in [2.45, 2.75) is 167 Å². The van der Waals surface area contributed by atoms with Gasteiger partial charge in [-0.1, -0.05) is 116 Å². The zero-order chi connectivity index (χ0) is 36.9. The van der Waals surface area contributed by atoms with Crippen LogP contribution < -0.4 is 0 Å². The Kier molecular flexibility index (Phi) is 11.2. The van der Waals surface area contributed by atoms with Crippen molar-refractivity contribution in [2.24, 2.45) is 23.2 Å². The summed E-state index contributed by atoms with van der Waals surface area (Å²) in [5.41, 5.74) is 5.27. The van der Waals surface area contributed by atoms with Crippen LogP contribution in [0.3, 0.4) is 0 Å². The molecule has 0 saturated heterocycles. The molecule has 5 rings (SSSR count). The smallest absolute Gasteiger partial charge is 0.192 e. The van der Waals surface area contributed by atoms with Crippen LogP contribution in [-0.4, -0.2) is 34.6 Å². The Bertz CT molecular complexity index is 1500. The van der Waals surface area contributed by atoms with E-state index in [-0.39, 0.29) is 33.1 Å². The lowest BCUT2D eigenvalue weighted by Crippen LogP contribution is -2.49. The molecule has 0 amide bonds. The molecule has 4 fully saturated rings. The first-order chi connectivity index (χ1) is 23.1. The molecule has 0 radical (unpaired) electrons. The van der Waals surface area contributed by atoms with Gasteiger partial charge in [0.15, 0.2) is 22.4 Å². The van der Waals surface area contributed by atoms with Gasteiger partial charge in [-0.25, -0.2) is 0 Å². The predicted molar refractivity (Wildman–Crippen MR) is 218 cm³/mol. The van der Waals surface area contributed by atoms with Gasteiger partial charge in [0.05, 0.1) is 17.6 Å². The highest BCUT2D eigenvalue weighted by Crippen LogP contribution is 2.60. The van der Waals surface area contributed by atoms with Gasteiger partial charge in [-0.05, 0) is 134 Å². The third kappa shape index (κ3) is 7.92. The summed E-state index contributed by atoms with van der Waals surface area (Å²) in [6, 6.07) is 10.4. The Balaban J connectivity index is 1.35. The average Bonchev–Trinajstić information content (AvgIpc) is 3.75. The Morgan fingerprint density at radius 2 is 1.54 bits per heavy atom. The monoisotopic (exact) mass is 714 g/mol. The van der Waals surface area contributed by atoms with E-state index in [2.05, 4.69) is 124 Å². The molecule has 0 spiro atoms. The van der Waals surface area contributed by atoms with Crippen molar-refractivity contribution in [2.75, 3.05) is 0 Å². The van der Waals surface area contributed by atoms with Crippen LogP contribution in [-0.2, 0) is 19.1 Å². The van der Waals surface area contributed by atoms with Gasteiger partial charge in [-0.3, -0.25) is 4.79 Å². The molecule has 5 heteroatoms. The highest BCUT2D eigenvalue weighted by Gasteiger charge is 2.52. The second-order valence-corrected chi connectivity index (χ2v) is 29.4. The third-order valence-electron chi connectivity index (χ3n) is 14.5. The molecule has 0 heterocycles. The molecule has 6 atom stereocenters. The Labute approximate surface area is 308 Å². The molecule has 0 bridgehead atoms. The summed E-state index contributed by atoms with van der Waals surface area (Å²) in [4.78, 5) is 13.5. The van der Waals surface area contributed by atoms with Gasteiger partial charge in [-0.15, -0.1) is 0 Å². The number of ketones is 1. The summed E-state index contributed by atoms with van der Waals surface area (Å²) in [7, 11) is -3.95. The molecule has 1 aromatic rings. The maximum Gasteiger partial charge on any atom is 0.192 e. The van der Waals surface area contributed by atoms with Gasteiger partial charge in [0.2, 0.25) is 0 Å². The first-order valence-electron chi connectivity index (χ1n) is 19.8. The van der Waals surface area contributed by atoms with Crippen LogP contribution in [0.4, 0.5) is 0 Å². The van der Waals surface area contributed by atoms with E-state index < -0.39 is 16.6 Å². The van der Waals surface area contributed by atoms with Crippen LogP contribution in [0.5, 0.6) is 0 Å². The van der Waals surface area contributed by atoms with Crippen molar-refractivity contribution < 1.29 is 13.6 Å². The minimum Gasteiger partial charge on any atom is -0.413 e. The lowest BCUT2D eigenvalue weighted by atomic mass is 9.61. The fourth-order valence-electron chi connectivity index (χ4n) is 9.00. The number of benzene rings is 1. The summed E-state index contributed by atoms with van der Waals surface area (Å²) in [5.74, 6) is 1.87. The van der Waals surface area contributed by atoms with E-state index in [0.29, 0.717) is 23.5 Å². The summed E-state index contributed by atoms with van der Waals surface area (Å²) >= 11 is 0. The number of carbonyl (C=O) groups excluding carboxylic acids is 1. The predicted octanol–water partition coefficient (Wildman–Crippen LogP) is 12.7. The fourth-order valence-corrected chi connectivity index (χ4v) is 11.7. The number of rotatable bonds is 10. The number of hydrogen-bond acceptors (Lipinski definition) is 3. The minimum atomic E-state index is -2.00. The lowest BCUT2D eigenvalue weighted by molar-refractivity contribution is -0.116. The van der Waals surface area contributed by atoms with E-state index in [1.165, 1.54) is 43.2 Å². The van der Waals surface area contributed by atoms with Crippen LogP contribution in [0.15, 0.2) is 77.9 Å². The molecule has 4 saturated carbocycles. The molecular weight excluding hydrogens is 645 g/mol. The highest BCUT2D eigenvalue weighted by molar-refractivity contribution is 6.74. The van der Waals surface area contributed by atoms with E-state index in [1.54, 1.807) is 5.57 Å². The number of carbonyl (C=O) groups is 1. The average molecular weight is 715 g/mol. The fraction of sp³-hybridized carbons (Fsp3) is 0.667. The van der Waals surface area contributed by atoms with E-state index in [4.69, 9.17) is 15.4 Å². The number of allylic oxidation sites excluding steroid dienone is 5. The zero-order valence-electron chi connectivity index (χ0n) is 33.9. The van der Waals surface area contributed by atoms with Crippen molar-refractivity contribution >= 4 is 22.4 Å². The van der Waals surface area contributed by atoms with Gasteiger partial charge < -0.3 is 8.85 Å². The molecule has 276 valence electrons. The maximum absolute atomic E-state index is 13.5. The van der Waals surface area contributed by atoms with Gasteiger partial charge in [0.25, 0.3) is 0 Å². The van der Waals surface area contributed by atoms with Crippen molar-refractivity contribution in [1.29, 1.82) is 0 Å². The first kappa shape index (κ1) is 39.4. The topological polar surface area (TPSA) is 35.5 Å². The summed E-state index contributed by atoms with van der Waals surface area (Å²) < 4.78 is 14.2. The van der Waals surface area contributed by atoms with Crippen molar-refractivity contribution in [3.8, 4) is 0 Å². The Morgan fingerprint density at radius 3 is 2.14 bits per heavy atom. The largest absolute Gasteiger partial charge is 0.413 e. The second-order valence-electron chi connectivity index (χ2n) is 19.9. The molecule has 1 aromatic carbocycles. The SMILES string of the molecule is C=C1/C(=C\C=C2/CCC[C@]3(C)[C@@H]([C@H](C)/C=C/C(=O)C4(c5ccccc5)CC4)CC[C@@H]23)C[C@@H](O[Si](C)(C)C(C)(C)C)C[C@@H]1O[Si](C)(C)C(C)(C)C. The summed E-state index contributed by atoms with van der Waals surface area (Å²) in [6.07, 6.45) is 19.2. The molecule has 50 heavy (non-hydrogen) atoms. The Morgan fingerprint density at radius 1 is 0.920 bits per heavy atom. The molecule has 0 unspecified atom stereocenters. The van der Waals surface area contributed by atoms with Crippen LogP contribution in [0.2, 0.25) is 36.3 Å². The summed E-state index contributed by atoms with van der Waals surface area (Å²) in [6.45, 7) is 33.1. The lowest BCUT2D eigenvalue weighted by Gasteiger charge is -2.45. The van der Waals surface area contributed by atoms with Crippen molar-refractivity contribution in [1.82, 2.24) is 0 Å². The molecule has 0 aliphatic heterocycles. The van der Waals surface area contributed by atoms with Gasteiger partial charge in [0.1, 0.15) is 0 Å². The van der Waals surface area contributed by atoms with Gasteiger partial charge >= 0.3 is 0 Å². The van der Waals surface area contributed by atoms with Crippen LogP contribution in [0.25, 0.3) is 0 Å². The van der Waals surface area contributed by atoms with Crippen LogP contribution in [0.1, 0.15) is 119 Å². The molecule has 3 nitrogen and oxygen atoms in total. The van der Waals surface area contributed by atoms with Crippen LogP contribution in [0, 0.1) is 23.2 Å². The van der Waals surface area contributed by atoms with Crippen molar-refractivity contribution in [3.05, 3.63) is 83.5 Å². The van der Waals surface area contributed by atoms with E-state index in [9.17, 15) is 4.79 Å². The standard InChI is InChI=1S/C45H70O3Si2/c1-32(21-26-41(46)45(28-29-45)36-19-15-14-16-20-36)38-24-25-39-34(18-17-27-44(38,39)9)22-23-35-30-37(47-49(10,11)42(3,4)5)31-40(33(35)2)48-50(12,13)43(6,7)8/h14-16,19-23,26,32,37-40H,2,17-18,24-25,27-31H2,1,3-13H3/b26-21+,34-22+,35-23-/t32-,37-,38-,39+,40+,44-/m1/s1. The first-order valence-corrected chi connectivity index (χ1v) is 25.7. The van der Waals surface area contributed by atoms with Gasteiger partial charge in [-0.2, -0.15) is 0 Å². The van der Waals surface area contributed by atoms with Crippen LogP contribution >= 0.6 is 0 Å².